The van der Waals surface area contributed by atoms with Gasteiger partial charge >= 0.3 is 5.97 Å². The van der Waals surface area contributed by atoms with E-state index >= 15 is 0 Å². The Labute approximate surface area is 101 Å². The molecule has 1 rings (SSSR count). The number of hydrogen-bond acceptors (Lipinski definition) is 4. The largest absolute Gasteiger partial charge is 0.476 e. The van der Waals surface area contributed by atoms with Crippen LogP contribution in [0.1, 0.15) is 50.0 Å². The van der Waals surface area contributed by atoms with Crippen molar-refractivity contribution < 1.29 is 9.90 Å². The monoisotopic (exact) mass is 237 g/mol. The molecule has 1 aromatic heterocycles. The topological polar surface area (TPSA) is 75.1 Å². The zero-order valence-electron chi connectivity index (χ0n) is 10.3. The van der Waals surface area contributed by atoms with Gasteiger partial charge in [0.05, 0.1) is 0 Å². The summed E-state index contributed by atoms with van der Waals surface area (Å²) in [6.07, 6.45) is 7.39. The van der Waals surface area contributed by atoms with Gasteiger partial charge in [-0.05, 0) is 13.3 Å². The second-order valence-electron chi connectivity index (χ2n) is 4.10. The number of aromatic nitrogens is 2. The van der Waals surface area contributed by atoms with Gasteiger partial charge in [0, 0.05) is 18.4 Å². The van der Waals surface area contributed by atoms with E-state index in [1.807, 2.05) is 6.92 Å². The number of nitrogens with one attached hydrogen (secondary N) is 1. The molecule has 0 aliphatic rings. The Kier molecular flexibility index (Phi) is 5.39. The molecule has 1 heterocycles. The zero-order chi connectivity index (χ0) is 12.7. The quantitative estimate of drug-likeness (QED) is 0.713. The number of carboxylic acids is 1. The predicted octanol–water partition coefficient (Wildman–Crippen LogP) is 2.56. The smallest absolute Gasteiger partial charge is 0.358 e. The van der Waals surface area contributed by atoms with Gasteiger partial charge < -0.3 is 10.4 Å². The van der Waals surface area contributed by atoms with E-state index in [4.69, 9.17) is 5.11 Å². The number of hydrogen-bond donors (Lipinski definition) is 2. The second kappa shape index (κ2) is 6.83. The van der Waals surface area contributed by atoms with Crippen molar-refractivity contribution in [2.75, 3.05) is 5.32 Å². The van der Waals surface area contributed by atoms with Gasteiger partial charge in [0.25, 0.3) is 0 Å². The molecule has 0 aliphatic carbocycles. The SMILES string of the molecule is CCCCCC(C)Nc1nccnc1C(=O)O. The van der Waals surface area contributed by atoms with Gasteiger partial charge in [0.15, 0.2) is 11.5 Å². The van der Waals surface area contributed by atoms with Crippen LogP contribution in [0.25, 0.3) is 0 Å². The van der Waals surface area contributed by atoms with Gasteiger partial charge in [-0.1, -0.05) is 26.2 Å². The molecule has 0 fully saturated rings. The molecule has 1 unspecified atom stereocenters. The van der Waals surface area contributed by atoms with E-state index in [1.165, 1.54) is 25.2 Å². The first-order chi connectivity index (χ1) is 8.15. The lowest BCUT2D eigenvalue weighted by Gasteiger charge is -2.14. The van der Waals surface area contributed by atoms with Gasteiger partial charge in [0.2, 0.25) is 0 Å². The average molecular weight is 237 g/mol. The fourth-order valence-corrected chi connectivity index (χ4v) is 1.61. The van der Waals surface area contributed by atoms with Crippen molar-refractivity contribution in [3.63, 3.8) is 0 Å². The molecule has 0 amide bonds. The molecule has 5 heteroatoms. The lowest BCUT2D eigenvalue weighted by Crippen LogP contribution is -2.19. The molecule has 0 bridgehead atoms. The fourth-order valence-electron chi connectivity index (χ4n) is 1.61. The van der Waals surface area contributed by atoms with Gasteiger partial charge in [-0.2, -0.15) is 0 Å². The summed E-state index contributed by atoms with van der Waals surface area (Å²) in [6.45, 7) is 4.18. The Hall–Kier alpha value is -1.65. The normalized spacial score (nSPS) is 12.1. The maximum absolute atomic E-state index is 10.9. The molecule has 0 aromatic carbocycles. The van der Waals surface area contributed by atoms with Gasteiger partial charge in [-0.25, -0.2) is 14.8 Å². The van der Waals surface area contributed by atoms with Crippen LogP contribution in [0.2, 0.25) is 0 Å². The summed E-state index contributed by atoms with van der Waals surface area (Å²) in [5, 5.41) is 12.0. The molecule has 2 N–H and O–H groups in total. The molecular formula is C12H19N3O2. The van der Waals surface area contributed by atoms with Crippen molar-refractivity contribution >= 4 is 11.8 Å². The number of anilines is 1. The van der Waals surface area contributed by atoms with Crippen LogP contribution in [-0.2, 0) is 0 Å². The highest BCUT2D eigenvalue weighted by atomic mass is 16.4. The summed E-state index contributed by atoms with van der Waals surface area (Å²) in [5.41, 5.74) is -0.0187. The lowest BCUT2D eigenvalue weighted by molar-refractivity contribution is 0.0691. The molecule has 0 saturated carbocycles. The molecule has 0 saturated heterocycles. The minimum atomic E-state index is -1.05. The Bertz CT molecular complexity index is 369. The lowest BCUT2D eigenvalue weighted by atomic mass is 10.1. The number of aromatic carboxylic acids is 1. The first-order valence-electron chi connectivity index (χ1n) is 5.96. The maximum atomic E-state index is 10.9. The first kappa shape index (κ1) is 13.4. The number of carboxylic acid groups (broad SMARTS) is 1. The van der Waals surface area contributed by atoms with E-state index in [-0.39, 0.29) is 11.7 Å². The Morgan fingerprint density at radius 3 is 2.76 bits per heavy atom. The van der Waals surface area contributed by atoms with Crippen LogP contribution in [0, 0.1) is 0 Å². The third-order valence-corrected chi connectivity index (χ3v) is 2.52. The number of nitrogens with zero attached hydrogens (tertiary/aromatic N) is 2. The van der Waals surface area contributed by atoms with Crippen LogP contribution in [0.15, 0.2) is 12.4 Å². The molecule has 0 aliphatic heterocycles. The molecule has 5 nitrogen and oxygen atoms in total. The summed E-state index contributed by atoms with van der Waals surface area (Å²) in [7, 11) is 0. The Morgan fingerprint density at radius 2 is 2.12 bits per heavy atom. The van der Waals surface area contributed by atoms with Crippen molar-refractivity contribution in [3.05, 3.63) is 18.1 Å². The molecule has 94 valence electrons. The predicted molar refractivity (Wildman–Crippen MR) is 66.2 cm³/mol. The maximum Gasteiger partial charge on any atom is 0.358 e. The van der Waals surface area contributed by atoms with E-state index < -0.39 is 5.97 Å². The summed E-state index contributed by atoms with van der Waals surface area (Å²) in [5.74, 6) is -0.703. The third-order valence-electron chi connectivity index (χ3n) is 2.52. The summed E-state index contributed by atoms with van der Waals surface area (Å²) in [4.78, 5) is 18.7. The fraction of sp³-hybridized carbons (Fsp3) is 0.583. The standard InChI is InChI=1S/C12H19N3O2/c1-3-4-5-6-9(2)15-11-10(12(16)17)13-7-8-14-11/h7-9H,3-6H2,1-2H3,(H,14,15)(H,16,17). The van der Waals surface area contributed by atoms with Crippen LogP contribution in [0.4, 0.5) is 5.82 Å². The molecule has 1 atom stereocenters. The molecule has 17 heavy (non-hydrogen) atoms. The van der Waals surface area contributed by atoms with E-state index in [1.54, 1.807) is 0 Å². The van der Waals surface area contributed by atoms with Crippen molar-refractivity contribution in [2.45, 2.75) is 45.6 Å². The van der Waals surface area contributed by atoms with Crippen molar-refractivity contribution in [1.82, 2.24) is 9.97 Å². The Balaban J connectivity index is 2.58. The van der Waals surface area contributed by atoms with Gasteiger partial charge in [-0.3, -0.25) is 0 Å². The van der Waals surface area contributed by atoms with E-state index in [0.29, 0.717) is 5.82 Å². The van der Waals surface area contributed by atoms with Gasteiger partial charge in [-0.15, -0.1) is 0 Å². The van der Waals surface area contributed by atoms with E-state index in [2.05, 4.69) is 22.2 Å². The number of rotatable bonds is 7. The van der Waals surface area contributed by atoms with E-state index in [0.717, 1.165) is 12.8 Å². The molecule has 0 radical (unpaired) electrons. The highest BCUT2D eigenvalue weighted by Crippen LogP contribution is 2.12. The highest BCUT2D eigenvalue weighted by molar-refractivity contribution is 5.90. The van der Waals surface area contributed by atoms with Crippen molar-refractivity contribution in [1.29, 1.82) is 0 Å². The minimum Gasteiger partial charge on any atom is -0.476 e. The van der Waals surface area contributed by atoms with Crippen LogP contribution in [0.3, 0.4) is 0 Å². The summed E-state index contributed by atoms with van der Waals surface area (Å²) >= 11 is 0. The average Bonchev–Trinajstić information content (AvgIpc) is 2.29. The van der Waals surface area contributed by atoms with Crippen LogP contribution >= 0.6 is 0 Å². The van der Waals surface area contributed by atoms with Gasteiger partial charge in [0.1, 0.15) is 0 Å². The molecular weight excluding hydrogens is 218 g/mol. The Morgan fingerprint density at radius 1 is 1.41 bits per heavy atom. The van der Waals surface area contributed by atoms with Crippen LogP contribution in [-0.4, -0.2) is 27.1 Å². The third kappa shape index (κ3) is 4.38. The van der Waals surface area contributed by atoms with Crippen LogP contribution < -0.4 is 5.32 Å². The first-order valence-corrected chi connectivity index (χ1v) is 5.96. The number of carbonyl (C=O) groups is 1. The van der Waals surface area contributed by atoms with Crippen molar-refractivity contribution in [3.8, 4) is 0 Å². The van der Waals surface area contributed by atoms with E-state index in [9.17, 15) is 4.79 Å². The molecule has 0 spiro atoms. The summed E-state index contributed by atoms with van der Waals surface area (Å²) in [6, 6.07) is 0.205. The zero-order valence-corrected chi connectivity index (χ0v) is 10.3. The molecule has 1 aromatic rings. The minimum absolute atomic E-state index is 0.0187. The summed E-state index contributed by atoms with van der Waals surface area (Å²) < 4.78 is 0. The van der Waals surface area contributed by atoms with Crippen LogP contribution in [0.5, 0.6) is 0 Å². The van der Waals surface area contributed by atoms with Crippen molar-refractivity contribution in [2.24, 2.45) is 0 Å². The number of unbranched alkanes of at least 4 members (excludes halogenated alkanes) is 2. The second-order valence-corrected chi connectivity index (χ2v) is 4.10. The highest BCUT2D eigenvalue weighted by Gasteiger charge is 2.13.